The number of carbonyl (C=O) groups is 3. The molecule has 3 atom stereocenters. The highest BCUT2D eigenvalue weighted by Crippen LogP contribution is 2.49. The molecule has 1 aliphatic carbocycles. The Balaban J connectivity index is 1.92. The second kappa shape index (κ2) is 11.3. The SMILES string of the molecule is CCOC(=O)C1=C(C)NC2=C(C(=O)[C@H](C(=O)OCC)[C@H](c3ccccc3OC)C2)[C@@H]1c1cccc(Br)c1. The molecule has 0 amide bonds. The first kappa shape index (κ1) is 26.7. The fourth-order valence-corrected chi connectivity index (χ4v) is 5.72. The van der Waals surface area contributed by atoms with Gasteiger partial charge in [0.2, 0.25) is 0 Å². The molecule has 2 aromatic rings. The highest BCUT2D eigenvalue weighted by molar-refractivity contribution is 9.10. The van der Waals surface area contributed by atoms with Crippen molar-refractivity contribution in [2.24, 2.45) is 5.92 Å². The molecule has 0 spiro atoms. The van der Waals surface area contributed by atoms with Gasteiger partial charge in [0.1, 0.15) is 11.7 Å². The lowest BCUT2D eigenvalue weighted by atomic mass is 9.67. The zero-order chi connectivity index (χ0) is 26.7. The normalized spacial score (nSPS) is 21.2. The topological polar surface area (TPSA) is 90.9 Å². The van der Waals surface area contributed by atoms with E-state index in [9.17, 15) is 14.4 Å². The van der Waals surface area contributed by atoms with Crippen molar-refractivity contribution in [3.8, 4) is 5.75 Å². The van der Waals surface area contributed by atoms with Crippen molar-refractivity contribution < 1.29 is 28.6 Å². The molecule has 0 fully saturated rings. The minimum Gasteiger partial charge on any atom is -0.496 e. The number of hydrogen-bond donors (Lipinski definition) is 1. The number of ether oxygens (including phenoxy) is 3. The number of hydrogen-bond acceptors (Lipinski definition) is 7. The summed E-state index contributed by atoms with van der Waals surface area (Å²) < 4.78 is 17.2. The summed E-state index contributed by atoms with van der Waals surface area (Å²) in [6.07, 6.45) is 0.364. The maximum atomic E-state index is 14.3. The van der Waals surface area contributed by atoms with Gasteiger partial charge in [-0.05, 0) is 56.5 Å². The lowest BCUT2D eigenvalue weighted by Crippen LogP contribution is -2.43. The van der Waals surface area contributed by atoms with E-state index < -0.39 is 29.7 Å². The van der Waals surface area contributed by atoms with Crippen molar-refractivity contribution >= 4 is 33.7 Å². The second-order valence-electron chi connectivity index (χ2n) is 8.91. The Hall–Kier alpha value is -3.39. The zero-order valence-corrected chi connectivity index (χ0v) is 22.9. The third kappa shape index (κ3) is 5.07. The quantitative estimate of drug-likeness (QED) is 0.364. The van der Waals surface area contributed by atoms with Crippen LogP contribution >= 0.6 is 15.9 Å². The van der Waals surface area contributed by atoms with Gasteiger partial charge in [-0.25, -0.2) is 4.79 Å². The van der Waals surface area contributed by atoms with Crippen LogP contribution in [0.5, 0.6) is 5.75 Å². The molecule has 8 heteroatoms. The minimum absolute atomic E-state index is 0.146. The lowest BCUT2D eigenvalue weighted by Gasteiger charge is -2.39. The number of esters is 2. The van der Waals surface area contributed by atoms with Gasteiger partial charge in [0, 0.05) is 33.3 Å². The molecule has 194 valence electrons. The average molecular weight is 568 g/mol. The molecular weight excluding hydrogens is 538 g/mol. The number of nitrogens with one attached hydrogen (secondary N) is 1. The van der Waals surface area contributed by atoms with Crippen LogP contribution in [0, 0.1) is 5.92 Å². The van der Waals surface area contributed by atoms with Crippen LogP contribution < -0.4 is 10.1 Å². The molecule has 0 radical (unpaired) electrons. The first-order valence-corrected chi connectivity index (χ1v) is 13.1. The lowest BCUT2D eigenvalue weighted by molar-refractivity contribution is -0.152. The first-order valence-electron chi connectivity index (χ1n) is 12.3. The van der Waals surface area contributed by atoms with Gasteiger partial charge in [0.15, 0.2) is 5.78 Å². The Bertz CT molecular complexity index is 1300. The number of Topliss-reactive ketones (excluding diaryl/α,β-unsaturated/α-hetero) is 1. The fraction of sp³-hybridized carbons (Fsp3) is 0.345. The van der Waals surface area contributed by atoms with E-state index in [0.717, 1.165) is 15.6 Å². The first-order chi connectivity index (χ1) is 17.8. The summed E-state index contributed by atoms with van der Waals surface area (Å²) in [6.45, 7) is 5.60. The molecule has 1 N–H and O–H groups in total. The van der Waals surface area contributed by atoms with Gasteiger partial charge < -0.3 is 19.5 Å². The summed E-state index contributed by atoms with van der Waals surface area (Å²) in [5.74, 6) is -3.17. The Kier molecular flexibility index (Phi) is 8.17. The van der Waals surface area contributed by atoms with E-state index in [0.29, 0.717) is 34.7 Å². The van der Waals surface area contributed by atoms with Gasteiger partial charge >= 0.3 is 11.9 Å². The third-order valence-electron chi connectivity index (χ3n) is 6.78. The van der Waals surface area contributed by atoms with Crippen molar-refractivity contribution in [3.05, 3.63) is 86.7 Å². The van der Waals surface area contributed by atoms with E-state index >= 15 is 0 Å². The molecule has 0 unspecified atom stereocenters. The Morgan fingerprint density at radius 1 is 1.05 bits per heavy atom. The van der Waals surface area contributed by atoms with Crippen LogP contribution in [0.25, 0.3) is 0 Å². The number of allylic oxidation sites excluding steroid dienone is 3. The smallest absolute Gasteiger partial charge is 0.336 e. The summed E-state index contributed by atoms with van der Waals surface area (Å²) in [4.78, 5) is 40.8. The monoisotopic (exact) mass is 567 g/mol. The van der Waals surface area contributed by atoms with Crippen molar-refractivity contribution in [2.45, 2.75) is 39.0 Å². The van der Waals surface area contributed by atoms with Crippen molar-refractivity contribution in [2.75, 3.05) is 20.3 Å². The number of carbonyl (C=O) groups excluding carboxylic acids is 3. The van der Waals surface area contributed by atoms with E-state index in [1.54, 1.807) is 27.9 Å². The molecule has 0 saturated heterocycles. The van der Waals surface area contributed by atoms with Crippen molar-refractivity contribution in [1.29, 1.82) is 0 Å². The molecule has 4 rings (SSSR count). The van der Waals surface area contributed by atoms with Crippen molar-refractivity contribution in [1.82, 2.24) is 5.32 Å². The highest BCUT2D eigenvalue weighted by atomic mass is 79.9. The van der Waals surface area contributed by atoms with Crippen LogP contribution in [-0.2, 0) is 23.9 Å². The fourth-order valence-electron chi connectivity index (χ4n) is 5.30. The van der Waals surface area contributed by atoms with E-state index in [1.807, 2.05) is 48.5 Å². The van der Waals surface area contributed by atoms with Gasteiger partial charge in [-0.15, -0.1) is 0 Å². The van der Waals surface area contributed by atoms with E-state index in [1.165, 1.54) is 0 Å². The van der Waals surface area contributed by atoms with Crippen LogP contribution in [-0.4, -0.2) is 38.0 Å². The number of rotatable bonds is 7. The second-order valence-corrected chi connectivity index (χ2v) is 9.83. The summed E-state index contributed by atoms with van der Waals surface area (Å²) >= 11 is 3.51. The average Bonchev–Trinajstić information content (AvgIpc) is 2.87. The van der Waals surface area contributed by atoms with E-state index in [-0.39, 0.29) is 19.0 Å². The standard InChI is InChI=1S/C29H30BrNO6/c1-5-36-28(33)23-16(3)31-21-15-20(19-12-7-8-13-22(19)35-4)25(29(34)37-6-2)27(32)26(21)24(23)17-10-9-11-18(30)14-17/h7-14,20,24-25,31H,5-6,15H2,1-4H3/t20-,24+,25+/m0/s1. The molecule has 2 aliphatic rings. The predicted molar refractivity (Wildman–Crippen MR) is 142 cm³/mol. The molecule has 0 aromatic heterocycles. The Morgan fingerprint density at radius 3 is 2.46 bits per heavy atom. The molecule has 0 bridgehead atoms. The van der Waals surface area contributed by atoms with Crippen LogP contribution in [0.4, 0.5) is 0 Å². The minimum atomic E-state index is -1.09. The molecule has 1 heterocycles. The number of ketones is 1. The number of para-hydroxylation sites is 1. The van der Waals surface area contributed by atoms with Crippen LogP contribution in [0.1, 0.15) is 50.2 Å². The maximum absolute atomic E-state index is 14.3. The third-order valence-corrected chi connectivity index (χ3v) is 7.27. The van der Waals surface area contributed by atoms with Crippen molar-refractivity contribution in [3.63, 3.8) is 0 Å². The largest absolute Gasteiger partial charge is 0.496 e. The maximum Gasteiger partial charge on any atom is 0.336 e. The Morgan fingerprint density at radius 2 is 1.78 bits per heavy atom. The number of methoxy groups -OCH3 is 1. The van der Waals surface area contributed by atoms with Crippen LogP contribution in [0.15, 0.2) is 75.5 Å². The molecule has 7 nitrogen and oxygen atoms in total. The molecular formula is C29H30BrNO6. The predicted octanol–water partition coefficient (Wildman–Crippen LogP) is 5.17. The number of dihydropyridines is 1. The van der Waals surface area contributed by atoms with E-state index in [4.69, 9.17) is 14.2 Å². The molecule has 37 heavy (non-hydrogen) atoms. The summed E-state index contributed by atoms with van der Waals surface area (Å²) in [7, 11) is 1.56. The van der Waals surface area contributed by atoms with Gasteiger partial charge in [-0.3, -0.25) is 9.59 Å². The number of benzene rings is 2. The zero-order valence-electron chi connectivity index (χ0n) is 21.3. The van der Waals surface area contributed by atoms with Gasteiger partial charge in [-0.1, -0.05) is 46.3 Å². The molecule has 1 aliphatic heterocycles. The number of halogens is 1. The molecule has 2 aromatic carbocycles. The van der Waals surface area contributed by atoms with Gasteiger partial charge in [-0.2, -0.15) is 0 Å². The van der Waals surface area contributed by atoms with Gasteiger partial charge in [0.05, 0.1) is 25.9 Å². The molecule has 0 saturated carbocycles. The van der Waals surface area contributed by atoms with Gasteiger partial charge in [0.25, 0.3) is 0 Å². The Labute approximate surface area is 225 Å². The highest BCUT2D eigenvalue weighted by Gasteiger charge is 2.49. The van der Waals surface area contributed by atoms with Crippen LogP contribution in [0.3, 0.4) is 0 Å². The summed E-state index contributed by atoms with van der Waals surface area (Å²) in [6, 6.07) is 14.9. The van der Waals surface area contributed by atoms with E-state index in [2.05, 4.69) is 21.2 Å². The van der Waals surface area contributed by atoms with Crippen LogP contribution in [0.2, 0.25) is 0 Å². The summed E-state index contributed by atoms with van der Waals surface area (Å²) in [5.41, 5.74) is 3.53. The summed E-state index contributed by atoms with van der Waals surface area (Å²) in [5, 5.41) is 3.31.